The summed E-state index contributed by atoms with van der Waals surface area (Å²) in [7, 11) is 1.73. The number of para-hydroxylation sites is 1. The SMILES string of the molecule is CC[C@@H]1OC(=O)[C@H](C)C(=O)[C@H](C)[C@@H](OC2O[C@H](C)C[C@H](N(C)CC#N)[C@H]2O)[C@@](C)(OC/C=C/c2cnc3ccccc3c2)C[C@@H](C)C(=O)[C@@H](C)[C@H]2NC(=O)O[C@]12C. The van der Waals surface area contributed by atoms with Gasteiger partial charge in [0.1, 0.15) is 23.9 Å². The molecule has 2 aromatic rings. The first-order valence-corrected chi connectivity index (χ1v) is 19.9. The number of nitrogens with one attached hydrogen (secondary N) is 1. The van der Waals surface area contributed by atoms with Gasteiger partial charge < -0.3 is 34.1 Å². The van der Waals surface area contributed by atoms with E-state index in [-0.39, 0.29) is 37.9 Å². The number of fused-ring (bicyclic) bond motifs is 2. The van der Waals surface area contributed by atoms with Crippen molar-refractivity contribution in [1.82, 2.24) is 15.2 Å². The summed E-state index contributed by atoms with van der Waals surface area (Å²) in [6.07, 6.45) is 0.401. The van der Waals surface area contributed by atoms with Gasteiger partial charge in [-0.3, -0.25) is 24.3 Å². The number of amides is 1. The quantitative estimate of drug-likeness (QED) is 0.197. The van der Waals surface area contributed by atoms with Crippen LogP contribution in [0.3, 0.4) is 0 Å². The highest BCUT2D eigenvalue weighted by atomic mass is 16.7. The lowest BCUT2D eigenvalue weighted by molar-refractivity contribution is -0.297. The van der Waals surface area contributed by atoms with Crippen molar-refractivity contribution in [2.75, 3.05) is 20.2 Å². The Bertz CT molecular complexity index is 1870. The van der Waals surface area contributed by atoms with E-state index in [1.807, 2.05) is 49.4 Å². The molecule has 3 saturated heterocycles. The number of hydrogen-bond donors (Lipinski definition) is 2. The highest BCUT2D eigenvalue weighted by Gasteiger charge is 2.57. The van der Waals surface area contributed by atoms with Crippen LogP contribution in [-0.4, -0.2) is 113 Å². The first-order chi connectivity index (χ1) is 26.9. The molecule has 1 amide bonds. The summed E-state index contributed by atoms with van der Waals surface area (Å²) in [5, 5.41) is 24.9. The van der Waals surface area contributed by atoms with E-state index in [1.165, 1.54) is 6.92 Å². The third-order valence-electron chi connectivity index (χ3n) is 12.1. The summed E-state index contributed by atoms with van der Waals surface area (Å²) in [6.45, 7) is 13.7. The van der Waals surface area contributed by atoms with Crippen LogP contribution in [0.2, 0.25) is 0 Å². The Morgan fingerprint density at radius 2 is 1.81 bits per heavy atom. The zero-order chi connectivity index (χ0) is 41.8. The number of benzene rings is 1. The van der Waals surface area contributed by atoms with Crippen LogP contribution in [0.1, 0.15) is 80.2 Å². The zero-order valence-electron chi connectivity index (χ0n) is 34.5. The van der Waals surface area contributed by atoms with Crippen molar-refractivity contribution >= 4 is 40.6 Å². The number of likely N-dealkylation sites (N-methyl/N-ethyl adjacent to an activating group) is 1. The van der Waals surface area contributed by atoms with Crippen LogP contribution < -0.4 is 5.32 Å². The molecular formula is C43H58N4O10. The number of carbonyl (C=O) groups excluding carboxylic acids is 4. The maximum Gasteiger partial charge on any atom is 0.408 e. The lowest BCUT2D eigenvalue weighted by Gasteiger charge is -2.47. The van der Waals surface area contributed by atoms with Crippen molar-refractivity contribution < 1.29 is 48.0 Å². The topological polar surface area (TPSA) is 187 Å². The maximum atomic E-state index is 14.5. The number of aliphatic hydroxyl groups is 1. The Kier molecular flexibility index (Phi) is 13.9. The van der Waals surface area contributed by atoms with Gasteiger partial charge in [0.05, 0.1) is 48.6 Å². The number of alkyl carbamates (subject to hydrolysis) is 1. The predicted octanol–water partition coefficient (Wildman–Crippen LogP) is 5.00. The molecule has 0 saturated carbocycles. The molecule has 0 aliphatic carbocycles. The first kappa shape index (κ1) is 43.9. The van der Waals surface area contributed by atoms with E-state index < -0.39 is 89.4 Å². The Morgan fingerprint density at radius 1 is 1.09 bits per heavy atom. The van der Waals surface area contributed by atoms with E-state index in [2.05, 4.69) is 16.4 Å². The van der Waals surface area contributed by atoms with Gasteiger partial charge in [0.2, 0.25) is 0 Å². The number of nitrogens with zero attached hydrogens (tertiary/aromatic N) is 3. The maximum absolute atomic E-state index is 14.5. The second-order valence-corrected chi connectivity index (χ2v) is 16.5. The number of aliphatic hydroxyl groups excluding tert-OH is 1. The lowest BCUT2D eigenvalue weighted by Crippen LogP contribution is -2.60. The van der Waals surface area contributed by atoms with Crippen LogP contribution in [0.5, 0.6) is 0 Å². The van der Waals surface area contributed by atoms with E-state index in [9.17, 15) is 29.5 Å². The molecule has 5 rings (SSSR count). The molecule has 1 aromatic heterocycles. The van der Waals surface area contributed by atoms with Crippen molar-refractivity contribution in [3.8, 4) is 6.07 Å². The molecule has 1 aromatic carbocycles. The molecule has 3 aliphatic heterocycles. The molecule has 14 heteroatoms. The van der Waals surface area contributed by atoms with Gasteiger partial charge in [-0.1, -0.05) is 58.0 Å². The average molecular weight is 791 g/mol. The van der Waals surface area contributed by atoms with Gasteiger partial charge in [-0.2, -0.15) is 5.26 Å². The minimum absolute atomic E-state index is 0.0267. The Hall–Kier alpha value is -4.26. The van der Waals surface area contributed by atoms with Gasteiger partial charge in [-0.05, 0) is 71.7 Å². The fourth-order valence-electron chi connectivity index (χ4n) is 8.88. The number of pyridine rings is 1. The molecule has 2 N–H and O–H groups in total. The van der Waals surface area contributed by atoms with Crippen molar-refractivity contribution in [2.45, 2.75) is 129 Å². The monoisotopic (exact) mass is 790 g/mol. The summed E-state index contributed by atoms with van der Waals surface area (Å²) in [6, 6.07) is 10.5. The number of esters is 1. The molecule has 4 heterocycles. The fourth-order valence-corrected chi connectivity index (χ4v) is 8.88. The summed E-state index contributed by atoms with van der Waals surface area (Å²) in [5.41, 5.74) is -1.11. The molecular weight excluding hydrogens is 732 g/mol. The number of Topliss-reactive ketones (excluding diaryl/α,β-unsaturated/α-hetero) is 2. The van der Waals surface area contributed by atoms with Gasteiger partial charge >= 0.3 is 12.1 Å². The second kappa shape index (κ2) is 18.1. The first-order valence-electron chi connectivity index (χ1n) is 19.9. The molecule has 0 radical (unpaired) electrons. The van der Waals surface area contributed by atoms with E-state index in [0.29, 0.717) is 6.42 Å². The average Bonchev–Trinajstić information content (AvgIpc) is 3.50. The third kappa shape index (κ3) is 9.39. The Balaban J connectivity index is 1.56. The fraction of sp³-hybridized carbons (Fsp3) is 0.628. The van der Waals surface area contributed by atoms with Crippen molar-refractivity contribution in [2.24, 2.45) is 23.7 Å². The minimum Gasteiger partial charge on any atom is -0.458 e. The normalized spacial score (nSPS) is 37.0. The Labute approximate surface area is 335 Å². The van der Waals surface area contributed by atoms with Crippen LogP contribution in [0, 0.1) is 35.0 Å². The van der Waals surface area contributed by atoms with Crippen LogP contribution in [0.25, 0.3) is 17.0 Å². The molecule has 3 fully saturated rings. The van der Waals surface area contributed by atoms with E-state index >= 15 is 0 Å². The van der Waals surface area contributed by atoms with Crippen molar-refractivity contribution in [3.63, 3.8) is 0 Å². The van der Waals surface area contributed by atoms with Gasteiger partial charge in [-0.15, -0.1) is 0 Å². The van der Waals surface area contributed by atoms with E-state index in [1.54, 1.807) is 59.7 Å². The minimum atomic E-state index is -1.41. The molecule has 0 spiro atoms. The van der Waals surface area contributed by atoms with Gasteiger partial charge in [0.25, 0.3) is 0 Å². The van der Waals surface area contributed by atoms with E-state index in [4.69, 9.17) is 23.7 Å². The number of hydrogen-bond acceptors (Lipinski definition) is 13. The zero-order valence-corrected chi connectivity index (χ0v) is 34.5. The summed E-state index contributed by atoms with van der Waals surface area (Å²) < 4.78 is 31.4. The van der Waals surface area contributed by atoms with Crippen LogP contribution in [0.4, 0.5) is 4.79 Å². The highest BCUT2D eigenvalue weighted by molar-refractivity contribution is 6.00. The smallest absolute Gasteiger partial charge is 0.408 e. The number of ether oxygens (including phenoxy) is 5. The molecule has 3 aliphatic rings. The lowest BCUT2D eigenvalue weighted by atomic mass is 9.73. The van der Waals surface area contributed by atoms with Crippen LogP contribution >= 0.6 is 0 Å². The molecule has 14 nitrogen and oxygen atoms in total. The molecule has 13 atom stereocenters. The van der Waals surface area contributed by atoms with E-state index in [0.717, 1.165) is 16.5 Å². The summed E-state index contributed by atoms with van der Waals surface area (Å²) in [4.78, 5) is 61.8. The number of cyclic esters (lactones) is 1. The number of rotatable bonds is 9. The molecule has 0 bridgehead atoms. The third-order valence-corrected chi connectivity index (χ3v) is 12.1. The highest BCUT2D eigenvalue weighted by Crippen LogP contribution is 2.40. The standard InChI is InChI=1S/C43H58N4O10/c1-10-33-43(8)37(46-41(52)57-43)26(4)34(48)24(2)22-42(7,53-19-13-14-29-21-30-15-11-12-16-31(30)45-23-29)38(27(5)35(49)28(6)39(51)55-33)56-40-36(50)32(20-25(3)54-40)47(9)18-17-44/h11-16,21,23-28,32-33,36-38,40,50H,10,18-20,22H2,1-9H3,(H,46,52)/b14-13+/t24-,25-,26-,27+,28-,32+,33+,36-,37-,38-,40?,42+,43-/m1/s1. The van der Waals surface area contributed by atoms with Crippen LogP contribution in [0.15, 0.2) is 42.6 Å². The molecule has 57 heavy (non-hydrogen) atoms. The van der Waals surface area contributed by atoms with Gasteiger partial charge in [-0.25, -0.2) is 4.79 Å². The van der Waals surface area contributed by atoms with Gasteiger partial charge in [0.15, 0.2) is 17.7 Å². The van der Waals surface area contributed by atoms with Gasteiger partial charge in [0, 0.05) is 35.4 Å². The number of ketones is 2. The van der Waals surface area contributed by atoms with Crippen molar-refractivity contribution in [1.29, 1.82) is 5.26 Å². The second-order valence-electron chi connectivity index (χ2n) is 16.5. The van der Waals surface area contributed by atoms with Crippen molar-refractivity contribution in [3.05, 3.63) is 48.2 Å². The number of aromatic nitrogens is 1. The largest absolute Gasteiger partial charge is 0.458 e. The Morgan fingerprint density at radius 3 is 2.51 bits per heavy atom. The molecule has 1 unspecified atom stereocenters. The molecule has 310 valence electrons. The number of nitriles is 1. The number of carbonyl (C=O) groups is 4. The summed E-state index contributed by atoms with van der Waals surface area (Å²) >= 11 is 0. The predicted molar refractivity (Wildman–Crippen MR) is 210 cm³/mol. The summed E-state index contributed by atoms with van der Waals surface area (Å²) in [5.74, 6) is -5.37. The van der Waals surface area contributed by atoms with Crippen LogP contribution in [-0.2, 0) is 38.1 Å².